The number of nitrogens with zero attached hydrogens (tertiary/aromatic N) is 3. The topological polar surface area (TPSA) is 117 Å². The number of nitrogens with one attached hydrogen (secondary N) is 3. The number of amides is 1. The van der Waals surface area contributed by atoms with Crippen molar-refractivity contribution >= 4 is 44.5 Å². The molecule has 44 heavy (non-hydrogen) atoms. The number of fused-ring (bicyclic) bond motifs is 2. The van der Waals surface area contributed by atoms with Gasteiger partial charge in [-0.3, -0.25) is 9.69 Å². The highest BCUT2D eigenvalue weighted by Crippen LogP contribution is 2.52. The molecule has 1 unspecified atom stereocenters. The maximum atomic E-state index is 13.6. The van der Waals surface area contributed by atoms with Crippen molar-refractivity contribution in [1.82, 2.24) is 19.8 Å². The lowest BCUT2D eigenvalue weighted by Gasteiger charge is -2.41. The normalized spacial score (nSPS) is 22.7. The number of carbonyl (C=O) groups excluding carboxylic acids is 1. The van der Waals surface area contributed by atoms with E-state index in [1.54, 1.807) is 36.4 Å². The number of hydrogen-bond acceptors (Lipinski definition) is 9. The van der Waals surface area contributed by atoms with Crippen LogP contribution in [0.2, 0.25) is 0 Å². The summed E-state index contributed by atoms with van der Waals surface area (Å²) in [5.41, 5.74) is -3.53. The van der Waals surface area contributed by atoms with Crippen LogP contribution in [0.3, 0.4) is 0 Å². The smallest absolute Gasteiger partial charge is 0.446 e. The molecule has 0 bridgehead atoms. The van der Waals surface area contributed by atoms with E-state index in [0.29, 0.717) is 34.3 Å². The number of benzene rings is 1. The Morgan fingerprint density at radius 1 is 1.25 bits per heavy atom. The summed E-state index contributed by atoms with van der Waals surface area (Å²) in [7, 11) is 0.106. The van der Waals surface area contributed by atoms with Gasteiger partial charge in [0.05, 0.1) is 41.3 Å². The number of alkyl halides is 3. The lowest BCUT2D eigenvalue weighted by molar-refractivity contribution is -0.0327. The maximum absolute atomic E-state index is 13.6. The Hall–Kier alpha value is -3.61. The molecule has 234 valence electrons. The van der Waals surface area contributed by atoms with Gasteiger partial charge in [-0.2, -0.15) is 18.3 Å². The number of pyridine rings is 1. The van der Waals surface area contributed by atoms with E-state index >= 15 is 0 Å². The molecule has 2 atom stereocenters. The molecule has 1 aromatic carbocycles. The highest BCUT2D eigenvalue weighted by molar-refractivity contribution is 8.00. The van der Waals surface area contributed by atoms with E-state index in [-0.39, 0.29) is 57.9 Å². The average molecular weight is 649 g/mol. The molecule has 3 aliphatic rings. The van der Waals surface area contributed by atoms with Gasteiger partial charge in [0.25, 0.3) is 5.91 Å². The fraction of sp³-hybridized carbons (Fsp3) is 0.448. The molecule has 15 heteroatoms. The minimum atomic E-state index is -4.54. The van der Waals surface area contributed by atoms with Crippen LogP contribution in [0.25, 0.3) is 5.52 Å². The zero-order valence-corrected chi connectivity index (χ0v) is 25.6. The van der Waals surface area contributed by atoms with Gasteiger partial charge in [0.2, 0.25) is 0 Å². The number of ether oxygens (including phenoxy) is 1. The van der Waals surface area contributed by atoms with Gasteiger partial charge in [-0.1, -0.05) is 12.0 Å². The van der Waals surface area contributed by atoms with Crippen molar-refractivity contribution in [1.29, 1.82) is 0 Å². The molecule has 4 heterocycles. The van der Waals surface area contributed by atoms with E-state index < -0.39 is 15.3 Å². The van der Waals surface area contributed by atoms with Gasteiger partial charge in [0.1, 0.15) is 17.3 Å². The van der Waals surface area contributed by atoms with Crippen LogP contribution in [0.15, 0.2) is 41.3 Å². The number of aromatic nitrogens is 2. The molecular weight excluding hydrogens is 617 g/mol. The second-order valence-electron chi connectivity index (χ2n) is 11.2. The van der Waals surface area contributed by atoms with Crippen molar-refractivity contribution in [2.24, 2.45) is 5.92 Å². The Morgan fingerprint density at radius 3 is 2.73 bits per heavy atom. The Bertz CT molecular complexity index is 1770. The highest BCUT2D eigenvalue weighted by Gasteiger charge is 2.58. The zero-order valence-electron chi connectivity index (χ0n) is 24.0. The van der Waals surface area contributed by atoms with Crippen LogP contribution in [0, 0.1) is 17.8 Å². The number of piperidine rings is 1. The monoisotopic (exact) mass is 648 g/mol. The Labute approximate surface area is 257 Å². The van der Waals surface area contributed by atoms with Gasteiger partial charge >= 0.3 is 5.51 Å². The number of methoxy groups -OCH3 is 1. The lowest BCUT2D eigenvalue weighted by atomic mass is 10.0. The van der Waals surface area contributed by atoms with Crippen molar-refractivity contribution in [3.05, 3.63) is 47.7 Å². The summed E-state index contributed by atoms with van der Waals surface area (Å²) in [6.45, 7) is 1.61. The van der Waals surface area contributed by atoms with Gasteiger partial charge < -0.3 is 20.7 Å². The van der Waals surface area contributed by atoms with Crippen LogP contribution in [0.5, 0.6) is 5.75 Å². The molecule has 0 radical (unpaired) electrons. The number of hydrogen-bond donors (Lipinski definition) is 3. The van der Waals surface area contributed by atoms with E-state index in [1.165, 1.54) is 18.7 Å². The summed E-state index contributed by atoms with van der Waals surface area (Å²) in [6.07, 6.45) is 1.70. The van der Waals surface area contributed by atoms with Gasteiger partial charge in [0, 0.05) is 37.3 Å². The highest BCUT2D eigenvalue weighted by atomic mass is 32.2. The number of thioether (sulfide) groups is 1. The second kappa shape index (κ2) is 11.4. The van der Waals surface area contributed by atoms with Crippen molar-refractivity contribution in [2.45, 2.75) is 34.8 Å². The summed E-state index contributed by atoms with van der Waals surface area (Å²) < 4.78 is 71.0. The molecule has 3 fully saturated rings. The van der Waals surface area contributed by atoms with Crippen LogP contribution >= 0.6 is 11.8 Å². The minimum Gasteiger partial charge on any atom is -0.495 e. The third-order valence-corrected chi connectivity index (χ3v) is 11.0. The molecule has 0 spiro atoms. The summed E-state index contributed by atoms with van der Waals surface area (Å²) in [5.74, 6) is 7.18. The third-order valence-electron chi connectivity index (χ3n) is 8.41. The third kappa shape index (κ3) is 6.15. The van der Waals surface area contributed by atoms with Gasteiger partial charge in [-0.15, -0.1) is 0 Å². The summed E-state index contributed by atoms with van der Waals surface area (Å²) >= 11 is -0.246. The molecule has 3 N–H and O–H groups in total. The first kappa shape index (κ1) is 30.4. The molecule has 3 aromatic rings. The molecule has 1 saturated carbocycles. The summed E-state index contributed by atoms with van der Waals surface area (Å²) in [6, 6.07) is 10.0. The van der Waals surface area contributed by atoms with E-state index in [9.17, 15) is 26.4 Å². The number of likely N-dealkylation sites (tertiary alicyclic amines) is 1. The molecule has 1 aliphatic carbocycles. The minimum absolute atomic E-state index is 0.000287. The molecule has 10 nitrogen and oxygen atoms in total. The molecule has 6 rings (SSSR count). The zero-order chi connectivity index (χ0) is 31.3. The van der Waals surface area contributed by atoms with Crippen molar-refractivity contribution in [3.8, 4) is 17.6 Å². The summed E-state index contributed by atoms with van der Waals surface area (Å²) in [4.78, 5) is 14.2. The molecule has 2 aliphatic heterocycles. The first-order chi connectivity index (χ1) is 20.9. The fourth-order valence-corrected chi connectivity index (χ4v) is 8.21. The fourth-order valence-electron chi connectivity index (χ4n) is 6.03. The molecule has 1 amide bonds. The van der Waals surface area contributed by atoms with Gasteiger partial charge in [-0.25, -0.2) is 12.9 Å². The van der Waals surface area contributed by atoms with Crippen molar-refractivity contribution < 1.29 is 31.1 Å². The SMILES string of the molecule is CNC(=O)c1ccc(OC)c(NCC#Cc2nn3c(NC45CCN(C6CS(=O)(=O)C6)C[C@@H]4C5)cccc3c2SC(F)(F)F)c1. The number of sulfone groups is 1. The predicted molar refractivity (Wildman–Crippen MR) is 162 cm³/mol. The van der Waals surface area contributed by atoms with Crippen molar-refractivity contribution in [2.75, 3.05) is 55.9 Å². The van der Waals surface area contributed by atoms with Crippen LogP contribution in [-0.2, 0) is 9.84 Å². The van der Waals surface area contributed by atoms with Crippen LogP contribution < -0.4 is 20.7 Å². The average Bonchev–Trinajstić information content (AvgIpc) is 3.58. The standard InChI is InChI=1S/C29H31F3N6O4S2/c1-33-27(39)18-8-9-24(42-2)22(13-18)34-11-4-5-21-26(43-29(30,31)32)23-6-3-7-25(38(23)36-21)35-28-10-12-37(15-19(28)14-28)20-16-44(40,41)17-20/h3,6-9,13,19-20,34-35H,10-12,14-17H2,1-2H3,(H,33,39)/t19-,28?/m0/s1. The van der Waals surface area contributed by atoms with Crippen LogP contribution in [0.1, 0.15) is 28.9 Å². The lowest BCUT2D eigenvalue weighted by Crippen LogP contribution is -2.56. The van der Waals surface area contributed by atoms with E-state index in [0.717, 1.165) is 25.9 Å². The van der Waals surface area contributed by atoms with Gasteiger partial charge in [0.15, 0.2) is 9.84 Å². The number of carbonyl (C=O) groups is 1. The molecule has 2 saturated heterocycles. The molecule has 2 aromatic heterocycles. The van der Waals surface area contributed by atoms with E-state index in [2.05, 4.69) is 37.8 Å². The van der Waals surface area contributed by atoms with Crippen molar-refractivity contribution in [3.63, 3.8) is 0 Å². The number of halogens is 3. The van der Waals surface area contributed by atoms with E-state index in [1.807, 2.05) is 0 Å². The molecular formula is C29H31F3N6O4S2. The second-order valence-corrected chi connectivity index (χ2v) is 14.5. The predicted octanol–water partition coefficient (Wildman–Crippen LogP) is 3.45. The quantitative estimate of drug-likeness (QED) is 0.250. The van der Waals surface area contributed by atoms with Crippen LogP contribution in [-0.4, -0.2) is 91.2 Å². The Balaban J connectivity index is 1.22. The van der Waals surface area contributed by atoms with Gasteiger partial charge in [-0.05, 0) is 66.8 Å². The Kier molecular flexibility index (Phi) is 7.87. The van der Waals surface area contributed by atoms with E-state index in [4.69, 9.17) is 4.74 Å². The maximum Gasteiger partial charge on any atom is 0.446 e. The number of anilines is 2. The Morgan fingerprint density at radius 2 is 2.05 bits per heavy atom. The first-order valence-corrected chi connectivity index (χ1v) is 16.7. The number of rotatable bonds is 8. The largest absolute Gasteiger partial charge is 0.495 e. The first-order valence-electron chi connectivity index (χ1n) is 14.0. The summed E-state index contributed by atoms with van der Waals surface area (Å²) in [5, 5.41) is 13.7. The van der Waals surface area contributed by atoms with Crippen LogP contribution in [0.4, 0.5) is 24.7 Å².